The maximum atomic E-state index is 12.2. The maximum Gasteiger partial charge on any atom is 0.223 e. The number of carbonyl (C=O) groups excluding carboxylic acids is 1. The van der Waals surface area contributed by atoms with Crippen LogP contribution in [-0.2, 0) is 4.79 Å². The molecule has 0 bridgehead atoms. The van der Waals surface area contributed by atoms with E-state index in [4.69, 9.17) is 0 Å². The van der Waals surface area contributed by atoms with Crippen LogP contribution in [0, 0.1) is 17.8 Å². The van der Waals surface area contributed by atoms with E-state index in [1.165, 1.54) is 32.1 Å². The van der Waals surface area contributed by atoms with Crippen LogP contribution in [0.4, 0.5) is 0 Å². The van der Waals surface area contributed by atoms with Gasteiger partial charge in [0.15, 0.2) is 0 Å². The highest BCUT2D eigenvalue weighted by Gasteiger charge is 2.27. The molecule has 1 aliphatic rings. The lowest BCUT2D eigenvalue weighted by Crippen LogP contribution is -2.44. The molecule has 0 aromatic heterocycles. The quantitative estimate of drug-likeness (QED) is 0.746. The van der Waals surface area contributed by atoms with Gasteiger partial charge in [0, 0.05) is 5.92 Å². The van der Waals surface area contributed by atoms with Crippen molar-refractivity contribution in [2.24, 2.45) is 17.8 Å². The predicted molar refractivity (Wildman–Crippen MR) is 78.8 cm³/mol. The monoisotopic (exact) mass is 269 g/mol. The van der Waals surface area contributed by atoms with Crippen LogP contribution in [0.2, 0.25) is 0 Å². The Morgan fingerprint density at radius 3 is 2.37 bits per heavy atom. The minimum atomic E-state index is -0.0923. The van der Waals surface area contributed by atoms with E-state index in [9.17, 15) is 9.90 Å². The van der Waals surface area contributed by atoms with Crippen LogP contribution >= 0.6 is 0 Å². The van der Waals surface area contributed by atoms with Crippen molar-refractivity contribution in [3.63, 3.8) is 0 Å². The Kier molecular flexibility index (Phi) is 7.44. The van der Waals surface area contributed by atoms with Gasteiger partial charge in [-0.2, -0.15) is 0 Å². The number of unbranched alkanes of at least 4 members (excludes halogenated alkanes) is 1. The van der Waals surface area contributed by atoms with E-state index in [0.29, 0.717) is 0 Å². The average molecular weight is 269 g/mol. The molecule has 0 aromatic rings. The van der Waals surface area contributed by atoms with E-state index in [0.717, 1.165) is 18.8 Å². The number of carbonyl (C=O) groups is 1. The zero-order valence-corrected chi connectivity index (χ0v) is 12.8. The molecule has 112 valence electrons. The number of aliphatic hydroxyl groups is 1. The number of amides is 1. The Balaban J connectivity index is 2.32. The van der Waals surface area contributed by atoms with Gasteiger partial charge >= 0.3 is 0 Å². The first-order chi connectivity index (χ1) is 9.08. The third kappa shape index (κ3) is 5.52. The Labute approximate surface area is 118 Å². The molecule has 2 N–H and O–H groups in total. The molecule has 0 radical (unpaired) electrons. The maximum absolute atomic E-state index is 12.2. The van der Waals surface area contributed by atoms with Gasteiger partial charge in [-0.3, -0.25) is 4.79 Å². The fraction of sp³-hybridized carbons (Fsp3) is 0.938. The highest BCUT2D eigenvalue weighted by atomic mass is 16.3. The van der Waals surface area contributed by atoms with Crippen molar-refractivity contribution in [3.05, 3.63) is 0 Å². The molecule has 1 atom stereocenters. The van der Waals surface area contributed by atoms with Crippen LogP contribution in [0.15, 0.2) is 0 Å². The molecule has 1 aliphatic carbocycles. The van der Waals surface area contributed by atoms with E-state index in [2.05, 4.69) is 12.2 Å². The summed E-state index contributed by atoms with van der Waals surface area (Å²) < 4.78 is 0. The van der Waals surface area contributed by atoms with Crippen LogP contribution in [0.5, 0.6) is 0 Å². The molecule has 0 spiro atoms. The molecular weight excluding hydrogens is 238 g/mol. The third-order valence-electron chi connectivity index (χ3n) is 4.51. The predicted octanol–water partition coefficient (Wildman–Crippen LogP) is 3.12. The Bertz CT molecular complexity index is 257. The van der Waals surface area contributed by atoms with Gasteiger partial charge in [-0.25, -0.2) is 0 Å². The van der Waals surface area contributed by atoms with Gasteiger partial charge in [0.1, 0.15) is 0 Å². The molecular formula is C16H31NO2. The topological polar surface area (TPSA) is 49.3 Å². The fourth-order valence-corrected chi connectivity index (χ4v) is 2.93. The lowest BCUT2D eigenvalue weighted by molar-refractivity contribution is -0.127. The molecule has 3 nitrogen and oxygen atoms in total. The highest BCUT2D eigenvalue weighted by Crippen LogP contribution is 2.32. The summed E-state index contributed by atoms with van der Waals surface area (Å²) >= 11 is 0. The second-order valence-electron chi connectivity index (χ2n) is 6.40. The lowest BCUT2D eigenvalue weighted by Gasteiger charge is -2.29. The minimum absolute atomic E-state index is 0.0370. The van der Waals surface area contributed by atoms with Gasteiger partial charge in [-0.1, -0.05) is 40.0 Å². The van der Waals surface area contributed by atoms with Crippen molar-refractivity contribution in [1.29, 1.82) is 0 Å². The van der Waals surface area contributed by atoms with E-state index >= 15 is 0 Å². The summed E-state index contributed by atoms with van der Waals surface area (Å²) in [5.74, 6) is 1.45. The van der Waals surface area contributed by atoms with Crippen LogP contribution in [0.1, 0.15) is 65.7 Å². The molecule has 1 fully saturated rings. The van der Waals surface area contributed by atoms with Gasteiger partial charge < -0.3 is 10.4 Å². The molecule has 0 aromatic carbocycles. The minimum Gasteiger partial charge on any atom is -0.394 e. The largest absolute Gasteiger partial charge is 0.394 e. The van der Waals surface area contributed by atoms with Crippen molar-refractivity contribution in [2.45, 2.75) is 71.8 Å². The van der Waals surface area contributed by atoms with Crippen molar-refractivity contribution in [1.82, 2.24) is 5.32 Å². The van der Waals surface area contributed by atoms with Crippen molar-refractivity contribution in [3.8, 4) is 0 Å². The molecule has 0 saturated heterocycles. The second-order valence-corrected chi connectivity index (χ2v) is 6.40. The average Bonchev–Trinajstić information content (AvgIpc) is 2.42. The number of nitrogens with one attached hydrogen (secondary N) is 1. The molecule has 19 heavy (non-hydrogen) atoms. The summed E-state index contributed by atoms with van der Waals surface area (Å²) in [6.45, 7) is 6.33. The number of hydrogen-bond acceptors (Lipinski definition) is 2. The van der Waals surface area contributed by atoms with Crippen molar-refractivity contribution in [2.75, 3.05) is 6.61 Å². The van der Waals surface area contributed by atoms with Gasteiger partial charge in [-0.05, 0) is 37.5 Å². The smallest absolute Gasteiger partial charge is 0.223 e. The SMILES string of the molecule is CCCCC1CCC(C(=O)N[C@H](CO)C(C)C)CC1. The molecule has 1 amide bonds. The first-order valence-electron chi connectivity index (χ1n) is 7.99. The van der Waals surface area contributed by atoms with Crippen molar-refractivity contribution < 1.29 is 9.90 Å². The fourth-order valence-electron chi connectivity index (χ4n) is 2.93. The normalized spacial score (nSPS) is 25.3. The third-order valence-corrected chi connectivity index (χ3v) is 4.51. The van der Waals surface area contributed by atoms with Crippen LogP contribution in [-0.4, -0.2) is 23.7 Å². The standard InChI is InChI=1S/C16H31NO2/c1-4-5-6-13-7-9-14(10-8-13)16(19)17-15(11-18)12(2)3/h12-15,18H,4-11H2,1-3H3,(H,17,19)/t13?,14?,15-/m1/s1. The summed E-state index contributed by atoms with van der Waals surface area (Å²) in [7, 11) is 0. The Hall–Kier alpha value is -0.570. The van der Waals surface area contributed by atoms with Gasteiger partial charge in [-0.15, -0.1) is 0 Å². The number of aliphatic hydroxyl groups excluding tert-OH is 1. The van der Waals surface area contributed by atoms with Gasteiger partial charge in [0.2, 0.25) is 5.91 Å². The van der Waals surface area contributed by atoms with Crippen LogP contribution in [0.25, 0.3) is 0 Å². The van der Waals surface area contributed by atoms with E-state index in [-0.39, 0.29) is 30.4 Å². The molecule has 0 aliphatic heterocycles. The molecule has 1 saturated carbocycles. The summed E-state index contributed by atoms with van der Waals surface area (Å²) in [6, 6.07) is -0.0923. The molecule has 0 heterocycles. The Morgan fingerprint density at radius 1 is 1.26 bits per heavy atom. The highest BCUT2D eigenvalue weighted by molar-refractivity contribution is 5.79. The van der Waals surface area contributed by atoms with E-state index in [1.807, 2.05) is 13.8 Å². The molecule has 0 unspecified atom stereocenters. The summed E-state index contributed by atoms with van der Waals surface area (Å²) in [4.78, 5) is 12.2. The zero-order valence-electron chi connectivity index (χ0n) is 12.8. The van der Waals surface area contributed by atoms with Gasteiger partial charge in [0.25, 0.3) is 0 Å². The van der Waals surface area contributed by atoms with Crippen molar-refractivity contribution >= 4 is 5.91 Å². The van der Waals surface area contributed by atoms with E-state index < -0.39 is 0 Å². The van der Waals surface area contributed by atoms with Crippen LogP contribution in [0.3, 0.4) is 0 Å². The zero-order chi connectivity index (χ0) is 14.3. The number of rotatable bonds is 7. The molecule has 3 heteroatoms. The molecule has 1 rings (SSSR count). The van der Waals surface area contributed by atoms with Gasteiger partial charge in [0.05, 0.1) is 12.6 Å². The lowest BCUT2D eigenvalue weighted by atomic mass is 9.79. The van der Waals surface area contributed by atoms with E-state index in [1.54, 1.807) is 0 Å². The summed E-state index contributed by atoms with van der Waals surface area (Å²) in [5, 5.41) is 12.3. The first-order valence-corrected chi connectivity index (χ1v) is 7.99. The summed E-state index contributed by atoms with van der Waals surface area (Å²) in [6.07, 6.45) is 8.37. The number of hydrogen-bond donors (Lipinski definition) is 2. The first kappa shape index (κ1) is 16.5. The summed E-state index contributed by atoms with van der Waals surface area (Å²) in [5.41, 5.74) is 0. The Morgan fingerprint density at radius 2 is 1.89 bits per heavy atom. The second kappa shape index (κ2) is 8.57. The van der Waals surface area contributed by atoms with Crippen LogP contribution < -0.4 is 5.32 Å².